The van der Waals surface area contributed by atoms with Crippen LogP contribution in [-0.4, -0.2) is 9.13 Å². The van der Waals surface area contributed by atoms with Crippen LogP contribution in [0.3, 0.4) is 0 Å². The molecule has 2 heteroatoms. The molecule has 0 radical (unpaired) electrons. The van der Waals surface area contributed by atoms with E-state index in [4.69, 9.17) is 0 Å². The highest BCUT2D eigenvalue weighted by molar-refractivity contribution is 6.33. The topological polar surface area (TPSA) is 9.86 Å². The van der Waals surface area contributed by atoms with Gasteiger partial charge in [0.2, 0.25) is 0 Å². The summed E-state index contributed by atoms with van der Waals surface area (Å²) >= 11 is 0. The molecule has 0 saturated carbocycles. The van der Waals surface area contributed by atoms with Crippen molar-refractivity contribution < 1.29 is 0 Å². The van der Waals surface area contributed by atoms with Gasteiger partial charge in [-0.2, -0.15) is 0 Å². The van der Waals surface area contributed by atoms with Crippen LogP contribution in [0.4, 0.5) is 0 Å². The predicted molar refractivity (Wildman–Crippen MR) is 220 cm³/mol. The lowest BCUT2D eigenvalue weighted by Gasteiger charge is -2.15. The Labute approximate surface area is 300 Å². The molecule has 0 N–H and O–H groups in total. The molecule has 9 aromatic carbocycles. The standard InChI is InChI=1S/C50H30N2/c1-2-11-36-33(10-1)30-43-38-13-4-3-12-37(38)41-16-9-19-46-49(41)50-47(29-28-42(36)48(43)50)52(46)35-26-22-32(23-27-35)31-20-24-34(25-21-31)51-44-17-7-5-14-39(44)40-15-6-8-18-45(40)51/h1-30H. The lowest BCUT2D eigenvalue weighted by molar-refractivity contribution is 1.18. The van der Waals surface area contributed by atoms with Crippen molar-refractivity contribution in [2.24, 2.45) is 0 Å². The first-order valence-electron chi connectivity index (χ1n) is 18.0. The second-order valence-electron chi connectivity index (χ2n) is 14.1. The van der Waals surface area contributed by atoms with Gasteiger partial charge in [0, 0.05) is 38.3 Å². The van der Waals surface area contributed by atoms with Crippen molar-refractivity contribution in [3.63, 3.8) is 0 Å². The quantitative estimate of drug-likeness (QED) is 0.167. The van der Waals surface area contributed by atoms with Crippen molar-refractivity contribution in [3.8, 4) is 44.8 Å². The molecule has 0 saturated heterocycles. The van der Waals surface area contributed by atoms with Crippen molar-refractivity contribution in [1.82, 2.24) is 9.13 Å². The summed E-state index contributed by atoms with van der Waals surface area (Å²) in [6.45, 7) is 0. The molecule has 0 unspecified atom stereocenters. The molecule has 0 spiro atoms. The zero-order chi connectivity index (χ0) is 33.9. The Morgan fingerprint density at radius 1 is 0.269 bits per heavy atom. The molecule has 240 valence electrons. The molecule has 1 aliphatic rings. The van der Waals surface area contributed by atoms with E-state index in [1.165, 1.54) is 110 Å². The van der Waals surface area contributed by atoms with Crippen LogP contribution in [0.15, 0.2) is 182 Å². The summed E-state index contributed by atoms with van der Waals surface area (Å²) < 4.78 is 4.84. The van der Waals surface area contributed by atoms with Crippen molar-refractivity contribution in [3.05, 3.63) is 182 Å². The number of rotatable bonds is 3. The van der Waals surface area contributed by atoms with Crippen molar-refractivity contribution in [1.29, 1.82) is 0 Å². The fourth-order valence-corrected chi connectivity index (χ4v) is 9.22. The molecule has 2 nitrogen and oxygen atoms in total. The molecule has 0 atom stereocenters. The van der Waals surface area contributed by atoms with Gasteiger partial charge >= 0.3 is 0 Å². The van der Waals surface area contributed by atoms with Crippen LogP contribution in [0.5, 0.6) is 0 Å². The minimum atomic E-state index is 1.17. The molecule has 1 aliphatic carbocycles. The Balaban J connectivity index is 1.03. The first-order valence-corrected chi connectivity index (χ1v) is 18.0. The van der Waals surface area contributed by atoms with E-state index < -0.39 is 0 Å². The van der Waals surface area contributed by atoms with Gasteiger partial charge in [0.25, 0.3) is 0 Å². The Hall–Kier alpha value is -6.90. The SMILES string of the molecule is c1ccc2c(c1)-c1cc3ccccc3c3ccc4c(c13)c1c-2cccc1n4-c1ccc(-c2ccc(-n3c4ccccc4c4ccccc43)cc2)cc1. The smallest absolute Gasteiger partial charge is 0.0548 e. The molecule has 0 aliphatic heterocycles. The van der Waals surface area contributed by atoms with E-state index in [1.807, 2.05) is 0 Å². The van der Waals surface area contributed by atoms with Crippen molar-refractivity contribution in [2.75, 3.05) is 0 Å². The summed E-state index contributed by atoms with van der Waals surface area (Å²) in [7, 11) is 0. The van der Waals surface area contributed by atoms with E-state index in [0.29, 0.717) is 0 Å². The lowest BCUT2D eigenvalue weighted by Crippen LogP contribution is -1.95. The van der Waals surface area contributed by atoms with Crippen LogP contribution in [0, 0.1) is 0 Å². The van der Waals surface area contributed by atoms with E-state index in [0.717, 1.165) is 0 Å². The third-order valence-corrected chi connectivity index (χ3v) is 11.4. The number of para-hydroxylation sites is 2. The van der Waals surface area contributed by atoms with Gasteiger partial charge in [0.1, 0.15) is 0 Å². The highest BCUT2D eigenvalue weighted by Gasteiger charge is 2.25. The van der Waals surface area contributed by atoms with E-state index in [2.05, 4.69) is 191 Å². The molecule has 2 aromatic heterocycles. The lowest BCUT2D eigenvalue weighted by atomic mass is 9.90. The van der Waals surface area contributed by atoms with Crippen LogP contribution in [0.1, 0.15) is 0 Å². The molecule has 0 bridgehead atoms. The van der Waals surface area contributed by atoms with Crippen LogP contribution >= 0.6 is 0 Å². The minimum absolute atomic E-state index is 1.17. The fraction of sp³-hybridized carbons (Fsp3) is 0. The fourth-order valence-electron chi connectivity index (χ4n) is 9.22. The van der Waals surface area contributed by atoms with E-state index >= 15 is 0 Å². The Morgan fingerprint density at radius 3 is 1.44 bits per heavy atom. The molecule has 52 heavy (non-hydrogen) atoms. The molecule has 11 aromatic rings. The van der Waals surface area contributed by atoms with Crippen LogP contribution in [-0.2, 0) is 0 Å². The van der Waals surface area contributed by atoms with Gasteiger partial charge in [-0.25, -0.2) is 0 Å². The second kappa shape index (κ2) is 10.3. The maximum absolute atomic E-state index is 2.47. The van der Waals surface area contributed by atoms with Gasteiger partial charge in [-0.15, -0.1) is 0 Å². The number of hydrogen-bond acceptors (Lipinski definition) is 0. The number of aromatic nitrogens is 2. The third-order valence-electron chi connectivity index (χ3n) is 11.4. The Kier molecular flexibility index (Phi) is 5.53. The minimum Gasteiger partial charge on any atom is -0.309 e. The summed E-state index contributed by atoms with van der Waals surface area (Å²) in [4.78, 5) is 0. The van der Waals surface area contributed by atoms with Gasteiger partial charge in [-0.3, -0.25) is 0 Å². The van der Waals surface area contributed by atoms with Crippen molar-refractivity contribution >= 4 is 65.2 Å². The zero-order valence-electron chi connectivity index (χ0n) is 28.2. The maximum atomic E-state index is 2.47. The molecular formula is C50H30N2. The van der Waals surface area contributed by atoms with Crippen molar-refractivity contribution in [2.45, 2.75) is 0 Å². The van der Waals surface area contributed by atoms with Gasteiger partial charge in [0.15, 0.2) is 0 Å². The largest absolute Gasteiger partial charge is 0.309 e. The van der Waals surface area contributed by atoms with Crippen LogP contribution < -0.4 is 0 Å². The molecule has 0 fully saturated rings. The Morgan fingerprint density at radius 2 is 0.769 bits per heavy atom. The molecule has 2 heterocycles. The highest BCUT2D eigenvalue weighted by Crippen LogP contribution is 2.51. The van der Waals surface area contributed by atoms with Gasteiger partial charge in [-0.05, 0) is 104 Å². The number of hydrogen-bond donors (Lipinski definition) is 0. The summed E-state index contributed by atoms with van der Waals surface area (Å²) in [5.41, 5.74) is 14.9. The normalized spacial score (nSPS) is 12.2. The predicted octanol–water partition coefficient (Wildman–Crippen LogP) is 13.5. The van der Waals surface area contributed by atoms with E-state index in [1.54, 1.807) is 0 Å². The van der Waals surface area contributed by atoms with Gasteiger partial charge in [-0.1, -0.05) is 127 Å². The summed E-state index contributed by atoms with van der Waals surface area (Å²) in [6, 6.07) is 67.2. The number of nitrogens with zero attached hydrogens (tertiary/aromatic N) is 2. The number of benzene rings is 9. The third kappa shape index (κ3) is 3.68. The van der Waals surface area contributed by atoms with E-state index in [-0.39, 0.29) is 0 Å². The second-order valence-corrected chi connectivity index (χ2v) is 14.1. The van der Waals surface area contributed by atoms with Crippen LogP contribution in [0.2, 0.25) is 0 Å². The van der Waals surface area contributed by atoms with Crippen LogP contribution in [0.25, 0.3) is 110 Å². The Bertz CT molecular complexity index is 3210. The summed E-state index contributed by atoms with van der Waals surface area (Å²) in [5.74, 6) is 0. The first-order chi connectivity index (χ1) is 25.8. The monoisotopic (exact) mass is 658 g/mol. The van der Waals surface area contributed by atoms with E-state index in [9.17, 15) is 0 Å². The average molecular weight is 659 g/mol. The first kappa shape index (κ1) is 27.9. The highest BCUT2D eigenvalue weighted by atomic mass is 15.0. The summed E-state index contributed by atoms with van der Waals surface area (Å²) in [6.07, 6.45) is 0. The molecule has 0 amide bonds. The average Bonchev–Trinajstić information content (AvgIpc) is 3.70. The molecular weight excluding hydrogens is 629 g/mol. The maximum Gasteiger partial charge on any atom is 0.0548 e. The zero-order valence-corrected chi connectivity index (χ0v) is 28.2. The number of fused-ring (bicyclic) bond motifs is 8. The van der Waals surface area contributed by atoms with Gasteiger partial charge in [0.05, 0.1) is 22.1 Å². The summed E-state index contributed by atoms with van der Waals surface area (Å²) in [5, 5.41) is 10.5. The molecule has 12 rings (SSSR count). The van der Waals surface area contributed by atoms with Gasteiger partial charge < -0.3 is 9.13 Å².